The lowest BCUT2D eigenvalue weighted by Crippen LogP contribution is -2.19. The lowest BCUT2D eigenvalue weighted by Gasteiger charge is -2.15. The van der Waals surface area contributed by atoms with E-state index in [1.54, 1.807) is 11.3 Å². The van der Waals surface area contributed by atoms with Crippen molar-refractivity contribution in [2.75, 3.05) is 7.05 Å². The summed E-state index contributed by atoms with van der Waals surface area (Å²) in [7, 11) is 4.04. The van der Waals surface area contributed by atoms with Gasteiger partial charge in [0.2, 0.25) is 0 Å². The molecule has 0 aliphatic rings. The molecular weight excluding hydrogens is 302 g/mol. The standard InChI is InChI=1S/C16H18ClN3S/c1-10-9-21-16(15(10)17)12(18-2)8-14-19-11-6-4-5-7-13(11)20(14)3/h4-7,9,12,18H,8H2,1-3H3. The predicted molar refractivity (Wildman–Crippen MR) is 90.3 cm³/mol. The molecule has 1 unspecified atom stereocenters. The summed E-state index contributed by atoms with van der Waals surface area (Å²) in [6.07, 6.45) is 0.821. The summed E-state index contributed by atoms with van der Waals surface area (Å²) >= 11 is 8.12. The van der Waals surface area contributed by atoms with Crippen molar-refractivity contribution in [3.05, 3.63) is 50.9 Å². The number of imidazole rings is 1. The van der Waals surface area contributed by atoms with Crippen LogP contribution in [0.25, 0.3) is 11.0 Å². The molecule has 2 aromatic heterocycles. The van der Waals surface area contributed by atoms with Gasteiger partial charge in [0.1, 0.15) is 5.82 Å². The monoisotopic (exact) mass is 319 g/mol. The fourth-order valence-electron chi connectivity index (χ4n) is 2.57. The van der Waals surface area contributed by atoms with Gasteiger partial charge in [-0.2, -0.15) is 0 Å². The zero-order chi connectivity index (χ0) is 15.0. The lowest BCUT2D eigenvalue weighted by atomic mass is 10.1. The van der Waals surface area contributed by atoms with Gasteiger partial charge in [-0.1, -0.05) is 23.7 Å². The number of aryl methyl sites for hydroxylation is 2. The minimum atomic E-state index is 0.187. The first-order chi connectivity index (χ1) is 10.1. The Hall–Kier alpha value is -1.36. The molecule has 3 aromatic rings. The second kappa shape index (κ2) is 5.79. The minimum absolute atomic E-state index is 0.187. The van der Waals surface area contributed by atoms with Crippen molar-refractivity contribution in [2.24, 2.45) is 7.05 Å². The van der Waals surface area contributed by atoms with Crippen LogP contribution in [0.4, 0.5) is 0 Å². The summed E-state index contributed by atoms with van der Waals surface area (Å²) in [5.41, 5.74) is 3.34. The Bertz CT molecular complexity index is 775. The largest absolute Gasteiger partial charge is 0.331 e. The first kappa shape index (κ1) is 14.6. The van der Waals surface area contributed by atoms with E-state index in [0.29, 0.717) is 0 Å². The Balaban J connectivity index is 1.96. The number of fused-ring (bicyclic) bond motifs is 1. The number of thiophene rings is 1. The Morgan fingerprint density at radius 1 is 1.38 bits per heavy atom. The van der Waals surface area contributed by atoms with Crippen LogP contribution in [0.2, 0.25) is 5.02 Å². The van der Waals surface area contributed by atoms with Crippen LogP contribution in [0.3, 0.4) is 0 Å². The molecule has 3 nitrogen and oxygen atoms in total. The van der Waals surface area contributed by atoms with Gasteiger partial charge >= 0.3 is 0 Å². The molecule has 0 spiro atoms. The summed E-state index contributed by atoms with van der Waals surface area (Å²) in [6, 6.07) is 8.40. The summed E-state index contributed by atoms with van der Waals surface area (Å²) in [6.45, 7) is 2.05. The molecule has 0 bridgehead atoms. The molecule has 3 rings (SSSR count). The second-order valence-corrected chi connectivity index (χ2v) is 6.51. The van der Waals surface area contributed by atoms with E-state index in [4.69, 9.17) is 16.6 Å². The topological polar surface area (TPSA) is 29.9 Å². The van der Waals surface area contributed by atoms with E-state index in [1.807, 2.05) is 26.1 Å². The fourth-order valence-corrected chi connectivity index (χ4v) is 4.01. The van der Waals surface area contributed by atoms with Crippen LogP contribution in [-0.4, -0.2) is 16.6 Å². The predicted octanol–water partition coefficient (Wildman–Crippen LogP) is 4.10. The van der Waals surface area contributed by atoms with Crippen LogP contribution >= 0.6 is 22.9 Å². The molecule has 5 heteroatoms. The molecule has 0 aliphatic heterocycles. The number of halogens is 1. The van der Waals surface area contributed by atoms with E-state index in [2.05, 4.69) is 34.4 Å². The van der Waals surface area contributed by atoms with E-state index >= 15 is 0 Å². The summed E-state index contributed by atoms with van der Waals surface area (Å²) in [5.74, 6) is 1.07. The highest BCUT2D eigenvalue weighted by Gasteiger charge is 2.19. The van der Waals surface area contributed by atoms with Gasteiger partial charge in [-0.05, 0) is 37.0 Å². The summed E-state index contributed by atoms with van der Waals surface area (Å²) in [5, 5.41) is 6.35. The van der Waals surface area contributed by atoms with E-state index in [9.17, 15) is 0 Å². The fraction of sp³-hybridized carbons (Fsp3) is 0.312. The highest BCUT2D eigenvalue weighted by atomic mass is 35.5. The average Bonchev–Trinajstić information content (AvgIpc) is 2.99. The molecule has 21 heavy (non-hydrogen) atoms. The van der Waals surface area contributed by atoms with Crippen LogP contribution in [-0.2, 0) is 13.5 Å². The molecular formula is C16H18ClN3S. The molecule has 0 saturated heterocycles. The van der Waals surface area contributed by atoms with Crippen LogP contribution in [0.1, 0.15) is 22.3 Å². The smallest absolute Gasteiger partial charge is 0.111 e. The SMILES string of the molecule is CNC(Cc1nc2ccccc2n1C)c1scc(C)c1Cl. The normalized spacial score (nSPS) is 13.0. The zero-order valence-electron chi connectivity index (χ0n) is 12.4. The van der Waals surface area contributed by atoms with Crippen molar-refractivity contribution < 1.29 is 0 Å². The van der Waals surface area contributed by atoms with Gasteiger partial charge in [-0.15, -0.1) is 11.3 Å². The Morgan fingerprint density at radius 2 is 2.14 bits per heavy atom. The first-order valence-corrected chi connectivity index (χ1v) is 8.18. The number of hydrogen-bond acceptors (Lipinski definition) is 3. The number of para-hydroxylation sites is 2. The number of rotatable bonds is 4. The van der Waals surface area contributed by atoms with Crippen molar-refractivity contribution in [2.45, 2.75) is 19.4 Å². The molecule has 1 atom stereocenters. The van der Waals surface area contributed by atoms with Crippen molar-refractivity contribution in [1.29, 1.82) is 0 Å². The van der Waals surface area contributed by atoms with Crippen molar-refractivity contribution in [3.8, 4) is 0 Å². The molecule has 1 N–H and O–H groups in total. The Kier molecular flexibility index (Phi) is 4.02. The number of aromatic nitrogens is 2. The number of nitrogens with zero attached hydrogens (tertiary/aromatic N) is 2. The van der Waals surface area contributed by atoms with E-state index in [0.717, 1.165) is 33.9 Å². The molecule has 0 saturated carbocycles. The van der Waals surface area contributed by atoms with Crippen molar-refractivity contribution in [1.82, 2.24) is 14.9 Å². The average molecular weight is 320 g/mol. The molecule has 0 fully saturated rings. The number of benzene rings is 1. The minimum Gasteiger partial charge on any atom is -0.331 e. The maximum absolute atomic E-state index is 6.41. The van der Waals surface area contributed by atoms with Crippen LogP contribution in [0, 0.1) is 6.92 Å². The van der Waals surface area contributed by atoms with Gasteiger partial charge in [0.05, 0.1) is 16.1 Å². The third-order valence-electron chi connectivity index (χ3n) is 3.86. The number of nitrogens with one attached hydrogen (secondary N) is 1. The molecule has 0 radical (unpaired) electrons. The second-order valence-electron chi connectivity index (χ2n) is 5.22. The quantitative estimate of drug-likeness (QED) is 0.784. The van der Waals surface area contributed by atoms with Crippen molar-refractivity contribution in [3.63, 3.8) is 0 Å². The molecule has 0 amide bonds. The maximum Gasteiger partial charge on any atom is 0.111 e. The molecule has 2 heterocycles. The first-order valence-electron chi connectivity index (χ1n) is 6.93. The van der Waals surface area contributed by atoms with Crippen LogP contribution in [0.15, 0.2) is 29.6 Å². The van der Waals surface area contributed by atoms with Gasteiger partial charge in [0, 0.05) is 24.4 Å². The molecule has 0 aliphatic carbocycles. The maximum atomic E-state index is 6.41. The van der Waals surface area contributed by atoms with Gasteiger partial charge in [-0.25, -0.2) is 4.98 Å². The summed E-state index contributed by atoms with van der Waals surface area (Å²) < 4.78 is 2.16. The van der Waals surface area contributed by atoms with Crippen LogP contribution < -0.4 is 5.32 Å². The Labute approximate surface area is 133 Å². The van der Waals surface area contributed by atoms with Crippen molar-refractivity contribution >= 4 is 34.0 Å². The third kappa shape index (κ3) is 2.59. The Morgan fingerprint density at radius 3 is 2.76 bits per heavy atom. The van der Waals surface area contributed by atoms with Crippen LogP contribution in [0.5, 0.6) is 0 Å². The molecule has 1 aromatic carbocycles. The number of likely N-dealkylation sites (N-methyl/N-ethyl adjacent to an activating group) is 1. The van der Waals surface area contributed by atoms with E-state index in [1.165, 1.54) is 4.88 Å². The van der Waals surface area contributed by atoms with Gasteiger partial charge in [0.15, 0.2) is 0 Å². The lowest BCUT2D eigenvalue weighted by molar-refractivity contribution is 0.574. The van der Waals surface area contributed by atoms with Gasteiger partial charge < -0.3 is 9.88 Å². The van der Waals surface area contributed by atoms with E-state index < -0.39 is 0 Å². The highest BCUT2D eigenvalue weighted by Crippen LogP contribution is 2.34. The highest BCUT2D eigenvalue weighted by molar-refractivity contribution is 7.10. The molecule has 110 valence electrons. The zero-order valence-corrected chi connectivity index (χ0v) is 13.9. The van der Waals surface area contributed by atoms with Gasteiger partial charge in [-0.3, -0.25) is 0 Å². The number of hydrogen-bond donors (Lipinski definition) is 1. The summed E-state index contributed by atoms with van der Waals surface area (Å²) in [4.78, 5) is 5.93. The third-order valence-corrected chi connectivity index (χ3v) is 5.68. The van der Waals surface area contributed by atoms with E-state index in [-0.39, 0.29) is 6.04 Å². The van der Waals surface area contributed by atoms with Gasteiger partial charge in [0.25, 0.3) is 0 Å².